The molecule has 34 heavy (non-hydrogen) atoms. The molecule has 9 nitrogen and oxygen atoms in total. The van der Waals surface area contributed by atoms with Gasteiger partial charge in [-0.2, -0.15) is 15.5 Å². The number of allylic oxidation sites excluding steroid dienone is 1. The van der Waals surface area contributed by atoms with Crippen LogP contribution in [0.1, 0.15) is 16.7 Å². The van der Waals surface area contributed by atoms with Crippen LogP contribution in [0.2, 0.25) is 0 Å². The van der Waals surface area contributed by atoms with Crippen LogP contribution in [-0.4, -0.2) is 29.2 Å². The third-order valence-corrected chi connectivity index (χ3v) is 4.98. The van der Waals surface area contributed by atoms with Crippen molar-refractivity contribution in [2.75, 3.05) is 19.5 Å². The maximum absolute atomic E-state index is 9.01. The van der Waals surface area contributed by atoms with Crippen LogP contribution in [0.3, 0.4) is 0 Å². The maximum atomic E-state index is 9.01. The number of aryl methyl sites for hydroxylation is 1. The highest BCUT2D eigenvalue weighted by Crippen LogP contribution is 2.42. The van der Waals surface area contributed by atoms with Crippen LogP contribution in [0.15, 0.2) is 48.7 Å². The first-order valence-corrected chi connectivity index (χ1v) is 10.2. The van der Waals surface area contributed by atoms with Gasteiger partial charge in [0, 0.05) is 18.0 Å². The minimum Gasteiger partial charge on any atom is -0.493 e. The highest BCUT2D eigenvalue weighted by Gasteiger charge is 2.19. The first kappa shape index (κ1) is 22.2. The molecule has 9 heteroatoms. The molecule has 0 unspecified atom stereocenters. The van der Waals surface area contributed by atoms with E-state index in [0.29, 0.717) is 45.4 Å². The Kier molecular flexibility index (Phi) is 6.29. The van der Waals surface area contributed by atoms with Crippen LogP contribution < -0.4 is 19.5 Å². The number of hydrogen-bond acceptors (Lipinski definition) is 8. The van der Waals surface area contributed by atoms with Crippen molar-refractivity contribution in [1.82, 2.24) is 15.0 Å². The molecule has 2 N–H and O–H groups in total. The second-order valence-electron chi connectivity index (χ2n) is 7.18. The number of benzene rings is 2. The van der Waals surface area contributed by atoms with Crippen molar-refractivity contribution in [2.45, 2.75) is 6.92 Å². The number of nitrogens with zero attached hydrogens (tertiary/aromatic N) is 4. The third kappa shape index (κ3) is 4.45. The molecular formula is C25H20N6O3. The number of methoxy groups -OCH3 is 2. The van der Waals surface area contributed by atoms with Gasteiger partial charge in [0.25, 0.3) is 0 Å². The maximum Gasteiger partial charge on any atom is 0.249 e. The zero-order valence-corrected chi connectivity index (χ0v) is 18.7. The quantitative estimate of drug-likeness (QED) is 0.365. The highest BCUT2D eigenvalue weighted by molar-refractivity contribution is 5.85. The summed E-state index contributed by atoms with van der Waals surface area (Å²) in [7, 11) is 3.04. The minimum atomic E-state index is 0.270. The second-order valence-corrected chi connectivity index (χ2v) is 7.18. The van der Waals surface area contributed by atoms with E-state index in [1.807, 2.05) is 19.2 Å². The summed E-state index contributed by atoms with van der Waals surface area (Å²) < 4.78 is 17.3. The average Bonchev–Trinajstić information content (AvgIpc) is 3.24. The number of H-pyrrole nitrogens is 1. The minimum absolute atomic E-state index is 0.270. The number of hydrogen-bond donors (Lipinski definition) is 2. The fourth-order valence-electron chi connectivity index (χ4n) is 3.32. The second kappa shape index (κ2) is 9.63. The van der Waals surface area contributed by atoms with Crippen molar-refractivity contribution in [3.05, 3.63) is 65.4 Å². The zero-order chi connectivity index (χ0) is 24.1. The molecule has 0 aliphatic carbocycles. The molecule has 0 saturated carbocycles. The molecule has 0 spiro atoms. The Bertz CT molecular complexity index is 1430. The monoisotopic (exact) mass is 452 g/mol. The summed E-state index contributed by atoms with van der Waals surface area (Å²) in [6.45, 7) is 1.93. The molecule has 2 aromatic heterocycles. The smallest absolute Gasteiger partial charge is 0.249 e. The van der Waals surface area contributed by atoms with E-state index in [9.17, 15) is 0 Å². The van der Waals surface area contributed by atoms with Crippen molar-refractivity contribution < 1.29 is 14.2 Å². The van der Waals surface area contributed by atoms with Crippen molar-refractivity contribution in [3.63, 3.8) is 0 Å². The highest BCUT2D eigenvalue weighted by atomic mass is 16.5. The lowest BCUT2D eigenvalue weighted by atomic mass is 10.1. The van der Waals surface area contributed by atoms with Crippen LogP contribution in [0, 0.1) is 29.6 Å². The predicted octanol–water partition coefficient (Wildman–Crippen LogP) is 5.23. The molecule has 0 aliphatic heterocycles. The number of nitriles is 2. The first-order valence-electron chi connectivity index (χ1n) is 10.2. The number of ether oxygens (including phenoxy) is 3. The van der Waals surface area contributed by atoms with Crippen molar-refractivity contribution >= 4 is 28.7 Å². The van der Waals surface area contributed by atoms with Crippen LogP contribution in [0.5, 0.6) is 23.1 Å². The molecule has 4 rings (SSSR count). The van der Waals surface area contributed by atoms with Crippen molar-refractivity contribution in [2.24, 2.45) is 0 Å². The predicted molar refractivity (Wildman–Crippen MR) is 127 cm³/mol. The fraction of sp³-hybridized carbons (Fsp3) is 0.120. The molecule has 0 fully saturated rings. The van der Waals surface area contributed by atoms with Gasteiger partial charge < -0.3 is 24.5 Å². The Balaban J connectivity index is 1.78. The van der Waals surface area contributed by atoms with E-state index >= 15 is 0 Å². The van der Waals surface area contributed by atoms with Gasteiger partial charge in [0.15, 0.2) is 11.5 Å². The molecule has 0 radical (unpaired) electrons. The van der Waals surface area contributed by atoms with Gasteiger partial charge in [-0.3, -0.25) is 0 Å². The molecule has 2 aromatic carbocycles. The van der Waals surface area contributed by atoms with E-state index in [1.54, 1.807) is 42.5 Å². The van der Waals surface area contributed by atoms with E-state index in [2.05, 4.69) is 26.3 Å². The SMILES string of the molecule is COc1cc(/C=C/C#N)cc(OC)c1Oc1nc(Nc2ccc(C#N)cc2)nc2c(C)c[nH]c12. The van der Waals surface area contributed by atoms with E-state index in [1.165, 1.54) is 20.3 Å². The standard InChI is InChI=1S/C25H20N6O3/c1-15-14-28-22-21(15)30-25(29-18-8-6-16(13-27)7-9-18)31-24(22)34-23-19(32-2)11-17(5-4-10-26)12-20(23)33-3/h4-9,11-12,14,28H,1-3H3,(H,29,30,31)/b5-4+. The average molecular weight is 452 g/mol. The van der Waals surface area contributed by atoms with Crippen LogP contribution in [0.25, 0.3) is 17.1 Å². The largest absolute Gasteiger partial charge is 0.493 e. The van der Waals surface area contributed by atoms with Gasteiger partial charge in [0.1, 0.15) is 11.0 Å². The Hall–Kier alpha value is -5.02. The number of anilines is 2. The molecule has 2 heterocycles. The molecule has 0 aliphatic rings. The summed E-state index contributed by atoms with van der Waals surface area (Å²) in [5.74, 6) is 1.74. The lowest BCUT2D eigenvalue weighted by Crippen LogP contribution is -2.02. The number of rotatable bonds is 7. The lowest BCUT2D eigenvalue weighted by Gasteiger charge is -2.15. The van der Waals surface area contributed by atoms with Gasteiger partial charge in [-0.15, -0.1) is 0 Å². The fourth-order valence-corrected chi connectivity index (χ4v) is 3.32. The molecular weight excluding hydrogens is 432 g/mol. The summed E-state index contributed by atoms with van der Waals surface area (Å²) in [4.78, 5) is 12.3. The third-order valence-electron chi connectivity index (χ3n) is 4.98. The van der Waals surface area contributed by atoms with E-state index < -0.39 is 0 Å². The van der Waals surface area contributed by atoms with E-state index in [0.717, 1.165) is 11.3 Å². The lowest BCUT2D eigenvalue weighted by molar-refractivity contribution is 0.343. The number of nitrogens with one attached hydrogen (secondary N) is 2. The van der Waals surface area contributed by atoms with Crippen LogP contribution in [0.4, 0.5) is 11.6 Å². The summed E-state index contributed by atoms with van der Waals surface area (Å²) in [5, 5.41) is 21.0. The molecule has 0 atom stereocenters. The first-order chi connectivity index (χ1) is 16.6. The Morgan fingerprint density at radius 3 is 2.35 bits per heavy atom. The number of aromatic nitrogens is 3. The zero-order valence-electron chi connectivity index (χ0n) is 18.7. The van der Waals surface area contributed by atoms with Gasteiger partial charge in [-0.25, -0.2) is 4.98 Å². The van der Waals surface area contributed by atoms with Gasteiger partial charge in [-0.05, 0) is 60.5 Å². The summed E-state index contributed by atoms with van der Waals surface area (Å²) in [6.07, 6.45) is 4.83. The van der Waals surface area contributed by atoms with Gasteiger partial charge in [-0.1, -0.05) is 0 Å². The summed E-state index contributed by atoms with van der Waals surface area (Å²) in [6, 6.07) is 14.5. The Labute approximate surface area is 195 Å². The molecule has 0 saturated heterocycles. The van der Waals surface area contributed by atoms with Crippen molar-refractivity contribution in [3.8, 4) is 35.3 Å². The molecule has 168 valence electrons. The molecule has 0 amide bonds. The summed E-state index contributed by atoms with van der Waals surface area (Å²) in [5.41, 5.74) is 4.21. The number of aromatic amines is 1. The number of fused-ring (bicyclic) bond motifs is 1. The normalized spacial score (nSPS) is 10.6. The van der Waals surface area contributed by atoms with Gasteiger partial charge in [0.05, 0.1) is 31.9 Å². The van der Waals surface area contributed by atoms with E-state index in [-0.39, 0.29) is 5.88 Å². The molecule has 4 aromatic rings. The van der Waals surface area contributed by atoms with Gasteiger partial charge >= 0.3 is 0 Å². The summed E-state index contributed by atoms with van der Waals surface area (Å²) >= 11 is 0. The van der Waals surface area contributed by atoms with E-state index in [4.69, 9.17) is 24.7 Å². The topological polar surface area (TPSA) is 129 Å². The Morgan fingerprint density at radius 1 is 1.03 bits per heavy atom. The van der Waals surface area contributed by atoms with Crippen molar-refractivity contribution in [1.29, 1.82) is 10.5 Å². The van der Waals surface area contributed by atoms with Crippen LogP contribution >= 0.6 is 0 Å². The molecule has 0 bridgehead atoms. The van der Waals surface area contributed by atoms with Crippen LogP contribution in [-0.2, 0) is 0 Å². The van der Waals surface area contributed by atoms with Gasteiger partial charge in [0.2, 0.25) is 17.6 Å². The Morgan fingerprint density at radius 2 is 1.74 bits per heavy atom.